The third-order valence-corrected chi connectivity index (χ3v) is 47.7. The predicted octanol–water partition coefficient (Wildman–Crippen LogP) is 8.84. The summed E-state index contributed by atoms with van der Waals surface area (Å²) in [7, 11) is -10.3. The molecule has 10 aromatic carbocycles. The van der Waals surface area contributed by atoms with Crippen molar-refractivity contribution in [3.8, 4) is 5.69 Å². The van der Waals surface area contributed by atoms with E-state index in [-0.39, 0.29) is 0 Å². The minimum Gasteiger partial charge on any atom is -0.309 e. The van der Waals surface area contributed by atoms with E-state index < -0.39 is 22.3 Å². The van der Waals surface area contributed by atoms with Crippen LogP contribution >= 0.6 is 0 Å². The molecule has 4 heteroatoms. The quantitative estimate of drug-likeness (QED) is 0.0906. The van der Waals surface area contributed by atoms with E-state index in [1.807, 2.05) is 0 Å². The number of rotatable bonds is 11. The molecule has 0 fully saturated rings. The van der Waals surface area contributed by atoms with E-state index in [0.29, 0.717) is 0 Å². The van der Waals surface area contributed by atoms with Crippen LogP contribution in [-0.2, 0) is 0 Å². The molecule has 0 atom stereocenters. The lowest BCUT2D eigenvalue weighted by molar-refractivity contribution is 1.18. The molecule has 0 bridgehead atoms. The van der Waals surface area contributed by atoms with Gasteiger partial charge in [0.25, 0.3) is 0 Å². The van der Waals surface area contributed by atoms with E-state index in [1.54, 1.807) is 0 Å². The van der Waals surface area contributed by atoms with Crippen molar-refractivity contribution < 1.29 is 0 Å². The molecule has 0 N–H and O–H groups in total. The molecule has 11 rings (SSSR count). The summed E-state index contributed by atoms with van der Waals surface area (Å²) in [5, 5.41) is 13.9. The zero-order valence-electron chi connectivity index (χ0n) is 35.6. The Morgan fingerprint density at radius 3 is 0.828 bits per heavy atom. The van der Waals surface area contributed by atoms with Gasteiger partial charge in [-0.25, -0.2) is 0 Å². The van der Waals surface area contributed by atoms with Gasteiger partial charge in [-0.2, -0.15) is 0 Å². The van der Waals surface area contributed by atoms with Crippen molar-refractivity contribution in [1.82, 2.24) is 4.57 Å². The summed E-state index contributed by atoms with van der Waals surface area (Å²) < 4.78 is 2.51. The fourth-order valence-corrected chi connectivity index (χ4v) is 56.8. The van der Waals surface area contributed by atoms with Gasteiger partial charge in [0.2, 0.25) is 0 Å². The van der Waals surface area contributed by atoms with Gasteiger partial charge < -0.3 is 4.57 Å². The standard InChI is InChI=1S/C60H47NSi3/c1-8-28-49(29-9-1)62(50-30-10-2-11-31-50,51-32-12-3-13-33-51)64(54-38-18-6-19-39-54,55-40-20-7-21-41-55)63(52-34-14-4-15-35-52,53-36-16-5-17-37-53)56-42-26-27-48(47-56)61-59-45-24-22-43-57(59)58-44-23-25-46-60(58)61/h1-47H. The normalized spacial score (nSPS) is 12.1. The van der Waals surface area contributed by atoms with E-state index in [2.05, 4.69) is 290 Å². The van der Waals surface area contributed by atoms with Crippen molar-refractivity contribution >= 4 is 85.6 Å². The van der Waals surface area contributed by atoms with Crippen LogP contribution in [0.4, 0.5) is 0 Å². The summed E-state index contributed by atoms with van der Waals surface area (Å²) in [4.78, 5) is 0. The molecule has 0 radical (unpaired) electrons. The molecule has 1 heterocycles. The highest BCUT2D eigenvalue weighted by molar-refractivity contribution is 7.89. The van der Waals surface area contributed by atoms with E-state index >= 15 is 0 Å². The lowest BCUT2D eigenvalue weighted by atomic mass is 10.2. The van der Waals surface area contributed by atoms with E-state index in [0.717, 1.165) is 0 Å². The van der Waals surface area contributed by atoms with Crippen molar-refractivity contribution in [1.29, 1.82) is 0 Å². The molecule has 1 nitrogen and oxygen atoms in total. The zero-order chi connectivity index (χ0) is 42.8. The number of hydrogen-bond acceptors (Lipinski definition) is 0. The van der Waals surface area contributed by atoms with Gasteiger partial charge in [-0.15, -0.1) is 0 Å². The molecule has 0 unspecified atom stereocenters. The number of fused-ring (bicyclic) bond motifs is 3. The smallest absolute Gasteiger partial charge is 0.148 e. The first kappa shape index (κ1) is 39.5. The molecule has 0 aliphatic carbocycles. The number of hydrogen-bond donors (Lipinski definition) is 0. The Hall–Kier alpha value is -7.35. The van der Waals surface area contributed by atoms with Gasteiger partial charge in [0.1, 0.15) is 22.3 Å². The summed E-state index contributed by atoms with van der Waals surface area (Å²) in [6, 6.07) is 110. The number of benzene rings is 10. The van der Waals surface area contributed by atoms with Crippen LogP contribution < -0.4 is 41.5 Å². The summed E-state index contributed by atoms with van der Waals surface area (Å²) in [6.07, 6.45) is 0. The highest BCUT2D eigenvalue weighted by Gasteiger charge is 2.72. The predicted molar refractivity (Wildman–Crippen MR) is 280 cm³/mol. The molecule has 64 heavy (non-hydrogen) atoms. The molecule has 0 saturated carbocycles. The first-order valence-corrected chi connectivity index (χ1v) is 30.3. The minimum atomic E-state index is -3.50. The molecular weight excluding hydrogens is 819 g/mol. The number of aromatic nitrogens is 1. The molecule has 0 amide bonds. The van der Waals surface area contributed by atoms with Gasteiger partial charge in [0.15, 0.2) is 0 Å². The maximum Gasteiger partial charge on any atom is 0.148 e. The van der Waals surface area contributed by atoms with Gasteiger partial charge in [0.05, 0.1) is 11.0 Å². The Bertz CT molecular complexity index is 3080. The molecule has 11 aromatic rings. The molecule has 1 aromatic heterocycles. The Kier molecular flexibility index (Phi) is 10.3. The molecule has 0 saturated heterocycles. The second kappa shape index (κ2) is 16.7. The molecule has 0 aliphatic heterocycles. The van der Waals surface area contributed by atoms with Gasteiger partial charge in [-0.1, -0.05) is 297 Å². The van der Waals surface area contributed by atoms with Gasteiger partial charge in [-0.3, -0.25) is 0 Å². The van der Waals surface area contributed by atoms with E-state index in [1.165, 1.54) is 69.0 Å². The Balaban J connectivity index is 1.44. The third-order valence-electron chi connectivity index (χ3n) is 13.7. The van der Waals surface area contributed by atoms with Crippen molar-refractivity contribution in [2.45, 2.75) is 0 Å². The summed E-state index contributed by atoms with van der Waals surface area (Å²) in [5.41, 5.74) is 3.60. The Labute approximate surface area is 378 Å². The largest absolute Gasteiger partial charge is 0.309 e. The zero-order valence-corrected chi connectivity index (χ0v) is 38.6. The van der Waals surface area contributed by atoms with Crippen LogP contribution in [0.3, 0.4) is 0 Å². The third kappa shape index (κ3) is 5.95. The second-order valence-corrected chi connectivity index (χ2v) is 36.4. The van der Waals surface area contributed by atoms with E-state index in [9.17, 15) is 0 Å². The van der Waals surface area contributed by atoms with Crippen LogP contribution in [0.5, 0.6) is 0 Å². The maximum absolute atomic E-state index is 3.50. The Morgan fingerprint density at radius 1 is 0.219 bits per heavy atom. The molecule has 0 aliphatic rings. The SMILES string of the molecule is c1ccc([Si](c2ccccc2)(c2ccccc2)[Si](c2ccccc2)(c2ccccc2)[Si](c2ccccc2)(c2ccccc2)c2cccc(-n3c4ccccc4c4ccccc43)c2)cc1. The van der Waals surface area contributed by atoms with Crippen LogP contribution in [0.1, 0.15) is 0 Å². The fourth-order valence-electron chi connectivity index (χ4n) is 11.5. The average Bonchev–Trinajstić information content (AvgIpc) is 3.73. The van der Waals surface area contributed by atoms with Gasteiger partial charge in [-0.05, 0) is 29.5 Å². The van der Waals surface area contributed by atoms with Crippen molar-refractivity contribution in [3.63, 3.8) is 0 Å². The lowest BCUT2D eigenvalue weighted by Gasteiger charge is -2.59. The number of para-hydroxylation sites is 2. The van der Waals surface area contributed by atoms with Crippen LogP contribution in [-0.4, -0.2) is 26.9 Å². The second-order valence-electron chi connectivity index (χ2n) is 16.7. The monoisotopic (exact) mass is 865 g/mol. The van der Waals surface area contributed by atoms with Gasteiger partial charge in [0, 0.05) is 16.5 Å². The first-order valence-electron chi connectivity index (χ1n) is 22.3. The van der Waals surface area contributed by atoms with Crippen molar-refractivity contribution in [3.05, 3.63) is 285 Å². The number of nitrogens with zero attached hydrogens (tertiary/aromatic N) is 1. The van der Waals surface area contributed by atoms with Crippen molar-refractivity contribution in [2.75, 3.05) is 0 Å². The minimum absolute atomic E-state index is 1.18. The lowest BCUT2D eigenvalue weighted by Crippen LogP contribution is -3.04. The molecule has 304 valence electrons. The maximum atomic E-state index is 2.61. The molecule has 0 spiro atoms. The van der Waals surface area contributed by atoms with Crippen LogP contribution in [0, 0.1) is 0 Å². The highest BCUT2D eigenvalue weighted by atomic mass is 29.6. The summed E-state index contributed by atoms with van der Waals surface area (Å²) in [5.74, 6) is 0. The fraction of sp³-hybridized carbons (Fsp3) is 0. The van der Waals surface area contributed by atoms with Crippen LogP contribution in [0.2, 0.25) is 0 Å². The van der Waals surface area contributed by atoms with Crippen LogP contribution in [0.15, 0.2) is 285 Å². The molecular formula is C60H47NSi3. The van der Waals surface area contributed by atoms with Crippen LogP contribution in [0.25, 0.3) is 27.5 Å². The Morgan fingerprint density at radius 2 is 0.484 bits per heavy atom. The van der Waals surface area contributed by atoms with E-state index in [4.69, 9.17) is 0 Å². The summed E-state index contributed by atoms with van der Waals surface area (Å²) >= 11 is 0. The highest BCUT2D eigenvalue weighted by Crippen LogP contribution is 2.34. The van der Waals surface area contributed by atoms with Gasteiger partial charge >= 0.3 is 0 Å². The topological polar surface area (TPSA) is 4.93 Å². The summed E-state index contributed by atoms with van der Waals surface area (Å²) in [6.45, 7) is 0. The van der Waals surface area contributed by atoms with Crippen molar-refractivity contribution in [2.24, 2.45) is 0 Å². The first-order chi connectivity index (χ1) is 31.8. The average molecular weight is 866 g/mol.